The molecule has 9 heteroatoms. The molecule has 1 unspecified atom stereocenters. The molecule has 4 aromatic rings. The number of nitrogens with two attached hydrogens (primary N) is 1. The van der Waals surface area contributed by atoms with Crippen molar-refractivity contribution in [3.63, 3.8) is 0 Å². The molecule has 0 saturated heterocycles. The summed E-state index contributed by atoms with van der Waals surface area (Å²) >= 11 is 0. The molecule has 4 N–H and O–H groups in total. The molecule has 0 spiro atoms. The maximum absolute atomic E-state index is 12.2. The number of azide groups is 1. The summed E-state index contributed by atoms with van der Waals surface area (Å²) in [5.74, 6) is -1.44. The topological polar surface area (TPSA) is 150 Å². The van der Waals surface area contributed by atoms with E-state index >= 15 is 0 Å². The Morgan fingerprint density at radius 2 is 1.37 bits per heavy atom. The van der Waals surface area contributed by atoms with Crippen LogP contribution in [0.3, 0.4) is 0 Å². The van der Waals surface area contributed by atoms with Gasteiger partial charge in [0, 0.05) is 10.8 Å². The molecule has 0 aromatic heterocycles. The predicted octanol–water partition coefficient (Wildman–Crippen LogP) is 6.41. The molecule has 0 radical (unpaired) electrons. The highest BCUT2D eigenvalue weighted by molar-refractivity contribution is 5.84. The van der Waals surface area contributed by atoms with E-state index in [2.05, 4.69) is 39.6 Å². The van der Waals surface area contributed by atoms with Crippen LogP contribution in [-0.4, -0.2) is 35.9 Å². The van der Waals surface area contributed by atoms with Gasteiger partial charge in [-0.1, -0.05) is 114 Å². The molecule has 0 aliphatic heterocycles. The average Bonchev–Trinajstić information content (AvgIpc) is 3.33. The van der Waals surface area contributed by atoms with Crippen molar-refractivity contribution in [1.82, 2.24) is 5.32 Å². The maximum atomic E-state index is 12.2. The van der Waals surface area contributed by atoms with Crippen LogP contribution in [0.1, 0.15) is 41.1 Å². The first-order valence-corrected chi connectivity index (χ1v) is 13.1. The third-order valence-corrected chi connectivity index (χ3v) is 6.96. The minimum atomic E-state index is -1.74. The monoisotopic (exact) mass is 549 g/mol. The summed E-state index contributed by atoms with van der Waals surface area (Å²) in [6.07, 6.45) is -0.880. The smallest absolute Gasteiger partial charge is 0.408 e. The van der Waals surface area contributed by atoms with E-state index in [0.717, 1.165) is 33.4 Å². The normalized spacial score (nSPS) is 13.0. The van der Waals surface area contributed by atoms with Gasteiger partial charge in [-0.25, -0.2) is 9.59 Å². The van der Waals surface area contributed by atoms with E-state index in [4.69, 9.17) is 16.0 Å². The average molecular weight is 550 g/mol. The molecular weight excluding hydrogens is 518 g/mol. The lowest BCUT2D eigenvalue weighted by Crippen LogP contribution is -2.54. The quantitative estimate of drug-likeness (QED) is 0.132. The van der Waals surface area contributed by atoms with Gasteiger partial charge in [0.15, 0.2) is 0 Å². The van der Waals surface area contributed by atoms with Gasteiger partial charge in [-0.3, -0.25) is 0 Å². The van der Waals surface area contributed by atoms with Gasteiger partial charge in [0.2, 0.25) is 0 Å². The standard InChI is InChI=1S/C19H18N4O4.C13H13N/c1-19(17(24)25,11-21-23-20)22-18(26)27-10-16-14-8-4-2-6-12(14)13-7-3-5-9-15(13)16;14-13(11-7-3-1-4-8-11)12-9-5-2-6-10-12/h2-9,16H,10-11H2,1H3,(H,22,26)(H,24,25);1-10,13H,14H2. The molecule has 9 nitrogen and oxygen atoms in total. The fourth-order valence-corrected chi connectivity index (χ4v) is 4.71. The van der Waals surface area contributed by atoms with Gasteiger partial charge in [-0.05, 0) is 45.8 Å². The van der Waals surface area contributed by atoms with Crippen molar-refractivity contribution >= 4 is 12.1 Å². The molecule has 0 saturated carbocycles. The molecule has 1 aliphatic carbocycles. The number of rotatable bonds is 8. The summed E-state index contributed by atoms with van der Waals surface area (Å²) < 4.78 is 5.32. The summed E-state index contributed by atoms with van der Waals surface area (Å²) in [4.78, 5) is 26.1. The highest BCUT2D eigenvalue weighted by atomic mass is 16.5. The largest absolute Gasteiger partial charge is 0.480 e. The Balaban J connectivity index is 0.000000231. The number of fused-ring (bicyclic) bond motifs is 3. The Hall–Kier alpha value is -5.11. The van der Waals surface area contributed by atoms with E-state index in [0.29, 0.717) is 0 Å². The third-order valence-electron chi connectivity index (χ3n) is 6.96. The van der Waals surface area contributed by atoms with Gasteiger partial charge in [0.25, 0.3) is 0 Å². The van der Waals surface area contributed by atoms with Crippen molar-refractivity contribution in [1.29, 1.82) is 0 Å². The maximum Gasteiger partial charge on any atom is 0.408 e. The highest BCUT2D eigenvalue weighted by Gasteiger charge is 2.36. The predicted molar refractivity (Wildman–Crippen MR) is 157 cm³/mol. The minimum Gasteiger partial charge on any atom is -0.480 e. The van der Waals surface area contributed by atoms with E-state index in [-0.39, 0.29) is 18.6 Å². The molecule has 41 heavy (non-hydrogen) atoms. The fourth-order valence-electron chi connectivity index (χ4n) is 4.71. The zero-order valence-corrected chi connectivity index (χ0v) is 22.6. The molecule has 208 valence electrons. The molecule has 0 heterocycles. The van der Waals surface area contributed by atoms with Crippen molar-refractivity contribution in [2.75, 3.05) is 13.2 Å². The number of carboxylic acids is 1. The van der Waals surface area contributed by atoms with Gasteiger partial charge < -0.3 is 20.9 Å². The van der Waals surface area contributed by atoms with Gasteiger partial charge in [0.05, 0.1) is 12.6 Å². The first-order chi connectivity index (χ1) is 19.8. The van der Waals surface area contributed by atoms with Crippen molar-refractivity contribution < 1.29 is 19.4 Å². The second kappa shape index (κ2) is 13.3. The second-order valence-corrected chi connectivity index (χ2v) is 9.78. The number of amides is 1. The number of hydrogen-bond acceptors (Lipinski definition) is 5. The van der Waals surface area contributed by atoms with Crippen LogP contribution < -0.4 is 11.1 Å². The lowest BCUT2D eigenvalue weighted by molar-refractivity contribution is -0.143. The van der Waals surface area contributed by atoms with Gasteiger partial charge >= 0.3 is 12.1 Å². The van der Waals surface area contributed by atoms with Crippen LogP contribution in [0.2, 0.25) is 0 Å². The SMILES string of the molecule is CC(CN=[N+]=[N-])(NC(=O)OCC1c2ccccc2-c2ccccc21)C(=O)O.NC(c1ccccc1)c1ccccc1. The fraction of sp³-hybridized carbons (Fsp3) is 0.188. The summed E-state index contributed by atoms with van der Waals surface area (Å²) in [7, 11) is 0. The van der Waals surface area contributed by atoms with Crippen LogP contribution in [0.15, 0.2) is 114 Å². The van der Waals surface area contributed by atoms with E-state index in [1.165, 1.54) is 6.92 Å². The number of aliphatic carboxylic acids is 1. The summed E-state index contributed by atoms with van der Waals surface area (Å²) in [6.45, 7) is 0.894. The number of alkyl carbamates (subject to hydrolysis) is 1. The molecule has 0 fully saturated rings. The first kappa shape index (κ1) is 28.9. The van der Waals surface area contributed by atoms with E-state index in [1.807, 2.05) is 84.9 Å². The molecule has 1 amide bonds. The second-order valence-electron chi connectivity index (χ2n) is 9.78. The minimum absolute atomic E-state index is 0.0163. The highest BCUT2D eigenvalue weighted by Crippen LogP contribution is 2.44. The molecule has 1 atom stereocenters. The lowest BCUT2D eigenvalue weighted by atomic mass is 9.98. The van der Waals surface area contributed by atoms with Crippen LogP contribution in [0.25, 0.3) is 21.6 Å². The third kappa shape index (κ3) is 6.91. The summed E-state index contributed by atoms with van der Waals surface area (Å²) in [6, 6.07) is 36.1. The number of ether oxygens (including phenoxy) is 1. The zero-order chi connectivity index (χ0) is 29.2. The molecule has 4 aromatic carbocycles. The van der Waals surface area contributed by atoms with Gasteiger partial charge in [0.1, 0.15) is 12.1 Å². The van der Waals surface area contributed by atoms with Crippen LogP contribution in [0.4, 0.5) is 4.79 Å². The first-order valence-electron chi connectivity index (χ1n) is 13.1. The Morgan fingerprint density at radius 1 is 0.902 bits per heavy atom. The van der Waals surface area contributed by atoms with Crippen molar-refractivity contribution in [2.24, 2.45) is 10.8 Å². The molecule has 0 bridgehead atoms. The number of nitrogens with zero attached hydrogens (tertiary/aromatic N) is 3. The Morgan fingerprint density at radius 3 is 1.83 bits per heavy atom. The molecule has 1 aliphatic rings. The number of carbonyl (C=O) groups is 2. The Labute approximate surface area is 238 Å². The van der Waals surface area contributed by atoms with Crippen molar-refractivity contribution in [2.45, 2.75) is 24.4 Å². The van der Waals surface area contributed by atoms with Crippen LogP contribution in [-0.2, 0) is 9.53 Å². The Kier molecular flexibility index (Phi) is 9.37. The number of hydrogen-bond donors (Lipinski definition) is 3. The van der Waals surface area contributed by atoms with Crippen LogP contribution >= 0.6 is 0 Å². The molecule has 5 rings (SSSR count). The van der Waals surface area contributed by atoms with Gasteiger partial charge in [-0.15, -0.1) is 0 Å². The van der Waals surface area contributed by atoms with E-state index < -0.39 is 24.1 Å². The number of carbonyl (C=O) groups excluding carboxylic acids is 1. The van der Waals surface area contributed by atoms with Gasteiger partial charge in [-0.2, -0.15) is 0 Å². The van der Waals surface area contributed by atoms with Crippen LogP contribution in [0.5, 0.6) is 0 Å². The number of nitrogens with one attached hydrogen (secondary N) is 1. The Bertz CT molecular complexity index is 1460. The lowest BCUT2D eigenvalue weighted by Gasteiger charge is -2.24. The molecular formula is C32H31N5O4. The number of carboxylic acid groups (broad SMARTS) is 1. The van der Waals surface area contributed by atoms with E-state index in [9.17, 15) is 14.7 Å². The zero-order valence-electron chi connectivity index (χ0n) is 22.6. The summed E-state index contributed by atoms with van der Waals surface area (Å²) in [5, 5.41) is 14.8. The van der Waals surface area contributed by atoms with Crippen LogP contribution in [0, 0.1) is 0 Å². The summed E-state index contributed by atoms with van der Waals surface area (Å²) in [5.41, 5.74) is 19.4. The van der Waals surface area contributed by atoms with Crippen molar-refractivity contribution in [3.8, 4) is 11.1 Å². The van der Waals surface area contributed by atoms with Crippen molar-refractivity contribution in [3.05, 3.63) is 142 Å². The van der Waals surface area contributed by atoms with E-state index in [1.54, 1.807) is 0 Å². The number of benzene rings is 4.